The van der Waals surface area contributed by atoms with E-state index in [1.54, 1.807) is 5.56 Å². The lowest BCUT2D eigenvalue weighted by Crippen LogP contribution is -2.15. The first-order valence-corrected chi connectivity index (χ1v) is 26.2. The van der Waals surface area contributed by atoms with E-state index in [2.05, 4.69) is 249 Å². The van der Waals surface area contributed by atoms with Crippen molar-refractivity contribution in [3.63, 3.8) is 0 Å². The average molecular weight is 923 g/mol. The molecule has 13 rings (SSSR count). The molecule has 1 heterocycles. The lowest BCUT2D eigenvalue weighted by molar-refractivity contribution is 0.659. The van der Waals surface area contributed by atoms with E-state index in [9.17, 15) is 0 Å². The zero-order chi connectivity index (χ0) is 48.1. The van der Waals surface area contributed by atoms with E-state index < -0.39 is 0 Å². The van der Waals surface area contributed by atoms with Crippen LogP contribution in [-0.2, 0) is 23.7 Å². The van der Waals surface area contributed by atoms with Crippen molar-refractivity contribution in [2.45, 2.75) is 85.0 Å². The van der Waals surface area contributed by atoms with Crippen LogP contribution in [0.25, 0.3) is 70.9 Å². The van der Waals surface area contributed by atoms with E-state index in [4.69, 9.17) is 0 Å². The Morgan fingerprint density at radius 3 is 1.63 bits per heavy atom. The summed E-state index contributed by atoms with van der Waals surface area (Å²) in [5.41, 5.74) is 25.2. The second kappa shape index (κ2) is 18.4. The number of thiophene rings is 1. The molecule has 0 nitrogen and oxygen atoms in total. The third-order valence-electron chi connectivity index (χ3n) is 15.4. The highest BCUT2D eigenvalue weighted by atomic mass is 32.1. The molecule has 0 atom stereocenters. The van der Waals surface area contributed by atoms with Gasteiger partial charge in [0.05, 0.1) is 0 Å². The van der Waals surface area contributed by atoms with Gasteiger partial charge in [0.1, 0.15) is 0 Å². The predicted octanol–water partition coefficient (Wildman–Crippen LogP) is 19.3. The van der Waals surface area contributed by atoms with Crippen molar-refractivity contribution in [2.24, 2.45) is 0 Å². The molecule has 0 bridgehead atoms. The standard InChI is InChI=1S/C28H24S.C22H20.C19H18/c1-17-11-13-20-21-14-12-18(16-25(21)28(2,3)24(20)15-17)19-8-6-9-23-22-7-4-5-10-26(22)29-27(19)23;1-15-9-11-18-19-12-10-17(16-7-5-4-6-8-16)14-21(19)22(2,3)20(18)13-15;1-2-6-15-11-13-17(14-12-15)19-10-5-8-16-7-3-4-9-18(16)19/h4-5,7-8,10-16H,6,9H2,1-3H3;4-14H,1-3H3;3-5,7-14H,2,6H2,1H3. The van der Waals surface area contributed by atoms with Gasteiger partial charge in [-0.25, -0.2) is 0 Å². The largest absolute Gasteiger partial charge is 0.135 e. The fraction of sp³-hybridized carbons (Fsp3) is 0.188. The maximum atomic E-state index is 2.47. The van der Waals surface area contributed by atoms with Gasteiger partial charge in [0, 0.05) is 20.4 Å². The molecule has 344 valence electrons. The Morgan fingerprint density at radius 2 is 0.971 bits per heavy atom. The molecule has 0 aliphatic heterocycles. The van der Waals surface area contributed by atoms with Gasteiger partial charge in [-0.2, -0.15) is 0 Å². The minimum atomic E-state index is 0.0465. The Labute approximate surface area is 420 Å². The molecule has 0 radical (unpaired) electrons. The molecule has 0 spiro atoms. The molecule has 0 N–H and O–H groups in total. The van der Waals surface area contributed by atoms with Crippen LogP contribution in [0.15, 0.2) is 200 Å². The van der Waals surface area contributed by atoms with E-state index in [0.717, 1.165) is 19.3 Å². The van der Waals surface area contributed by atoms with Crippen molar-refractivity contribution in [1.29, 1.82) is 0 Å². The van der Waals surface area contributed by atoms with Crippen LogP contribution in [0.1, 0.15) is 102 Å². The number of aryl methyl sites for hydroxylation is 4. The first kappa shape index (κ1) is 45.4. The lowest BCUT2D eigenvalue weighted by Gasteiger charge is -2.23. The van der Waals surface area contributed by atoms with Crippen molar-refractivity contribution in [2.75, 3.05) is 0 Å². The second-order valence-electron chi connectivity index (χ2n) is 20.8. The minimum Gasteiger partial charge on any atom is -0.135 e. The number of rotatable bonds is 5. The molecular formula is C69H62S. The number of fused-ring (bicyclic) bond motifs is 10. The maximum Gasteiger partial charge on any atom is 0.0390 e. The molecule has 0 saturated carbocycles. The molecule has 70 heavy (non-hydrogen) atoms. The summed E-state index contributed by atoms with van der Waals surface area (Å²) in [7, 11) is 0. The van der Waals surface area contributed by atoms with Crippen molar-refractivity contribution >= 4 is 37.8 Å². The van der Waals surface area contributed by atoms with Gasteiger partial charge in [-0.1, -0.05) is 234 Å². The van der Waals surface area contributed by atoms with Crippen LogP contribution in [0.4, 0.5) is 0 Å². The molecule has 9 aromatic carbocycles. The Bertz CT molecular complexity index is 3610. The molecular weight excluding hydrogens is 861 g/mol. The summed E-state index contributed by atoms with van der Waals surface area (Å²) in [4.78, 5) is 1.47. The van der Waals surface area contributed by atoms with E-state index >= 15 is 0 Å². The van der Waals surface area contributed by atoms with Gasteiger partial charge in [-0.15, -0.1) is 11.3 Å². The molecule has 10 aromatic rings. The third-order valence-corrected chi connectivity index (χ3v) is 16.6. The SMILES string of the molecule is CCCc1ccc(-c2cccc3ccccc23)cc1.Cc1ccc2c(c1)C(C)(C)c1cc(-c3ccccc3)ccc1-2.Cc1ccc2c(c1)C(C)(C)c1cc(C3=CCCc4c3sc3ccccc43)ccc1-2. The number of allylic oxidation sites excluding steroid dienone is 1. The van der Waals surface area contributed by atoms with Gasteiger partial charge in [0.25, 0.3) is 0 Å². The van der Waals surface area contributed by atoms with Gasteiger partial charge in [0.15, 0.2) is 0 Å². The normalized spacial score (nSPS) is 14.2. The molecule has 3 aliphatic carbocycles. The monoisotopic (exact) mass is 922 g/mol. The number of hydrogen-bond acceptors (Lipinski definition) is 1. The highest BCUT2D eigenvalue weighted by molar-refractivity contribution is 7.20. The van der Waals surface area contributed by atoms with E-state index in [1.165, 1.54) is 127 Å². The van der Waals surface area contributed by atoms with Crippen LogP contribution < -0.4 is 0 Å². The van der Waals surface area contributed by atoms with Crippen LogP contribution in [0.2, 0.25) is 0 Å². The topological polar surface area (TPSA) is 0 Å². The van der Waals surface area contributed by atoms with Crippen molar-refractivity contribution < 1.29 is 0 Å². The van der Waals surface area contributed by atoms with Crippen molar-refractivity contribution in [3.05, 3.63) is 255 Å². The Balaban J connectivity index is 0.000000117. The number of hydrogen-bond donors (Lipinski definition) is 0. The molecule has 1 heteroatoms. The van der Waals surface area contributed by atoms with Crippen LogP contribution >= 0.6 is 11.3 Å². The molecule has 0 fully saturated rings. The van der Waals surface area contributed by atoms with Crippen LogP contribution in [0.3, 0.4) is 0 Å². The maximum absolute atomic E-state index is 2.47. The average Bonchev–Trinajstić information content (AvgIpc) is 3.96. The highest BCUT2D eigenvalue weighted by Gasteiger charge is 2.37. The van der Waals surface area contributed by atoms with Crippen molar-refractivity contribution in [3.8, 4) is 44.5 Å². The lowest BCUT2D eigenvalue weighted by atomic mass is 9.80. The fourth-order valence-electron chi connectivity index (χ4n) is 11.6. The zero-order valence-corrected chi connectivity index (χ0v) is 42.6. The summed E-state index contributed by atoms with van der Waals surface area (Å²) in [5, 5.41) is 4.08. The summed E-state index contributed by atoms with van der Waals surface area (Å²) in [6.07, 6.45) is 7.11. The molecule has 3 aliphatic rings. The van der Waals surface area contributed by atoms with Gasteiger partial charge in [-0.05, 0) is 156 Å². The van der Waals surface area contributed by atoms with Gasteiger partial charge in [-0.3, -0.25) is 0 Å². The predicted molar refractivity (Wildman–Crippen MR) is 304 cm³/mol. The third kappa shape index (κ3) is 8.15. The highest BCUT2D eigenvalue weighted by Crippen LogP contribution is 2.52. The molecule has 0 amide bonds. The quantitative estimate of drug-likeness (QED) is 0.161. The molecule has 1 aromatic heterocycles. The Morgan fingerprint density at radius 1 is 0.443 bits per heavy atom. The zero-order valence-electron chi connectivity index (χ0n) is 41.8. The summed E-state index contributed by atoms with van der Waals surface area (Å²) >= 11 is 1.96. The Hall–Kier alpha value is -7.06. The first-order chi connectivity index (χ1) is 34.0. The van der Waals surface area contributed by atoms with Gasteiger partial charge < -0.3 is 0 Å². The summed E-state index contributed by atoms with van der Waals surface area (Å²) in [6.45, 7) is 16.0. The van der Waals surface area contributed by atoms with Crippen LogP contribution in [0.5, 0.6) is 0 Å². The minimum absolute atomic E-state index is 0.0465. The smallest absolute Gasteiger partial charge is 0.0390 e. The van der Waals surface area contributed by atoms with Crippen LogP contribution in [-0.4, -0.2) is 0 Å². The summed E-state index contributed by atoms with van der Waals surface area (Å²) in [6, 6.07) is 71.4. The molecule has 0 saturated heterocycles. The van der Waals surface area contributed by atoms with Gasteiger partial charge in [0.2, 0.25) is 0 Å². The van der Waals surface area contributed by atoms with E-state index in [-0.39, 0.29) is 10.8 Å². The second-order valence-corrected chi connectivity index (χ2v) is 21.8. The van der Waals surface area contributed by atoms with Crippen LogP contribution in [0, 0.1) is 13.8 Å². The summed E-state index contributed by atoms with van der Waals surface area (Å²) < 4.78 is 1.41. The molecule has 0 unspecified atom stereocenters. The first-order valence-electron chi connectivity index (χ1n) is 25.4. The van der Waals surface area contributed by atoms with Gasteiger partial charge >= 0.3 is 0 Å². The Kier molecular flexibility index (Phi) is 11.9. The van der Waals surface area contributed by atoms with Crippen molar-refractivity contribution in [1.82, 2.24) is 0 Å². The van der Waals surface area contributed by atoms with E-state index in [0.29, 0.717) is 0 Å². The summed E-state index contributed by atoms with van der Waals surface area (Å²) in [5.74, 6) is 0. The van der Waals surface area contributed by atoms with E-state index in [1.807, 2.05) is 11.3 Å². The fourth-order valence-corrected chi connectivity index (χ4v) is 12.9. The number of benzene rings is 9.